The average molecular weight is 320 g/mol. The van der Waals surface area contributed by atoms with Gasteiger partial charge in [0, 0.05) is 16.4 Å². The molecule has 2 aromatic rings. The summed E-state index contributed by atoms with van der Waals surface area (Å²) in [6.45, 7) is 3.91. The molecule has 0 fully saturated rings. The van der Waals surface area contributed by atoms with Crippen molar-refractivity contribution in [2.75, 3.05) is 10.6 Å². The highest BCUT2D eigenvalue weighted by molar-refractivity contribution is 9.10. The summed E-state index contributed by atoms with van der Waals surface area (Å²) >= 11 is 3.37. The standard InChI is InChI=1S/C14H14BrN3O/c1-9-4-3-5-11(6-9)17-14(19)18-13-7-10(2)12(15)8-16-13/h3-8H,1-2H3,(H2,16,17,18,19). The lowest BCUT2D eigenvalue weighted by Crippen LogP contribution is -2.20. The number of hydrogen-bond acceptors (Lipinski definition) is 2. The Balaban J connectivity index is 2.03. The van der Waals surface area contributed by atoms with Gasteiger partial charge in [0.25, 0.3) is 0 Å². The number of halogens is 1. The molecule has 0 unspecified atom stereocenters. The predicted molar refractivity (Wildman–Crippen MR) is 80.5 cm³/mol. The predicted octanol–water partition coefficient (Wildman–Crippen LogP) is 4.10. The third-order valence-electron chi connectivity index (χ3n) is 2.56. The first-order chi connectivity index (χ1) is 9.04. The van der Waals surface area contributed by atoms with Crippen molar-refractivity contribution in [2.45, 2.75) is 13.8 Å². The number of nitrogens with one attached hydrogen (secondary N) is 2. The zero-order valence-corrected chi connectivity index (χ0v) is 12.3. The Labute approximate surface area is 120 Å². The summed E-state index contributed by atoms with van der Waals surface area (Å²) in [7, 11) is 0. The van der Waals surface area contributed by atoms with Crippen molar-refractivity contribution in [3.8, 4) is 0 Å². The molecular weight excluding hydrogens is 306 g/mol. The van der Waals surface area contributed by atoms with Gasteiger partial charge in [0.2, 0.25) is 0 Å². The van der Waals surface area contributed by atoms with Crippen molar-refractivity contribution in [2.24, 2.45) is 0 Å². The Morgan fingerprint density at radius 2 is 2.00 bits per heavy atom. The van der Waals surface area contributed by atoms with Crippen molar-refractivity contribution < 1.29 is 4.79 Å². The van der Waals surface area contributed by atoms with Crippen molar-refractivity contribution in [1.82, 2.24) is 4.98 Å². The summed E-state index contributed by atoms with van der Waals surface area (Å²) < 4.78 is 0.914. The number of rotatable bonds is 2. The minimum atomic E-state index is -0.306. The summed E-state index contributed by atoms with van der Waals surface area (Å²) in [4.78, 5) is 15.9. The number of hydrogen-bond donors (Lipinski definition) is 2. The van der Waals surface area contributed by atoms with Crippen LogP contribution in [0.25, 0.3) is 0 Å². The highest BCUT2D eigenvalue weighted by Crippen LogP contribution is 2.17. The highest BCUT2D eigenvalue weighted by Gasteiger charge is 2.05. The first-order valence-corrected chi connectivity index (χ1v) is 6.61. The van der Waals surface area contributed by atoms with Crippen molar-refractivity contribution in [1.29, 1.82) is 0 Å². The van der Waals surface area contributed by atoms with Crippen LogP contribution in [0, 0.1) is 13.8 Å². The largest absolute Gasteiger partial charge is 0.324 e. The molecule has 1 aromatic heterocycles. The van der Waals surface area contributed by atoms with Gasteiger partial charge in [-0.25, -0.2) is 9.78 Å². The quantitative estimate of drug-likeness (QED) is 0.875. The highest BCUT2D eigenvalue weighted by atomic mass is 79.9. The summed E-state index contributed by atoms with van der Waals surface area (Å²) in [5.74, 6) is 0.519. The van der Waals surface area contributed by atoms with Gasteiger partial charge in [-0.05, 0) is 59.1 Å². The molecule has 1 aromatic carbocycles. The van der Waals surface area contributed by atoms with Crippen LogP contribution in [0.5, 0.6) is 0 Å². The Morgan fingerprint density at radius 3 is 2.68 bits per heavy atom. The lowest BCUT2D eigenvalue weighted by molar-refractivity contribution is 0.262. The summed E-state index contributed by atoms with van der Waals surface area (Å²) in [6.07, 6.45) is 1.66. The zero-order valence-electron chi connectivity index (χ0n) is 10.7. The second-order valence-corrected chi connectivity index (χ2v) is 5.12. The van der Waals surface area contributed by atoms with Gasteiger partial charge in [-0.2, -0.15) is 0 Å². The van der Waals surface area contributed by atoms with E-state index in [4.69, 9.17) is 0 Å². The lowest BCUT2D eigenvalue weighted by Gasteiger charge is -2.08. The van der Waals surface area contributed by atoms with Gasteiger partial charge in [-0.1, -0.05) is 12.1 Å². The van der Waals surface area contributed by atoms with Crippen molar-refractivity contribution in [3.05, 3.63) is 52.1 Å². The molecule has 0 radical (unpaired) electrons. The topological polar surface area (TPSA) is 54.0 Å². The zero-order chi connectivity index (χ0) is 13.8. The smallest absolute Gasteiger partial charge is 0.308 e. The maximum Gasteiger partial charge on any atom is 0.324 e. The molecule has 2 N–H and O–H groups in total. The Hall–Kier alpha value is -1.88. The van der Waals surface area contributed by atoms with Crippen LogP contribution >= 0.6 is 15.9 Å². The number of carbonyl (C=O) groups excluding carboxylic acids is 1. The van der Waals surface area contributed by atoms with E-state index in [2.05, 4.69) is 31.5 Å². The van der Waals surface area contributed by atoms with Gasteiger partial charge in [0.05, 0.1) is 0 Å². The van der Waals surface area contributed by atoms with Crippen LogP contribution in [-0.4, -0.2) is 11.0 Å². The lowest BCUT2D eigenvalue weighted by atomic mass is 10.2. The van der Waals surface area contributed by atoms with Crippen LogP contribution in [0.1, 0.15) is 11.1 Å². The second-order valence-electron chi connectivity index (χ2n) is 4.27. The number of aryl methyl sites for hydroxylation is 2. The molecule has 98 valence electrons. The molecule has 0 aliphatic rings. The molecule has 2 amide bonds. The number of pyridine rings is 1. The van der Waals surface area contributed by atoms with Gasteiger partial charge in [-0.3, -0.25) is 5.32 Å². The Bertz CT molecular complexity index is 613. The van der Waals surface area contributed by atoms with Crippen LogP contribution in [0.2, 0.25) is 0 Å². The molecule has 0 saturated carbocycles. The molecule has 4 nitrogen and oxygen atoms in total. The van der Waals surface area contributed by atoms with E-state index in [1.54, 1.807) is 12.3 Å². The van der Waals surface area contributed by atoms with E-state index in [1.165, 1.54) is 0 Å². The van der Waals surface area contributed by atoms with Gasteiger partial charge in [0.1, 0.15) is 5.82 Å². The van der Waals surface area contributed by atoms with Crippen LogP contribution in [-0.2, 0) is 0 Å². The van der Waals surface area contributed by atoms with Crippen LogP contribution < -0.4 is 10.6 Å². The molecule has 19 heavy (non-hydrogen) atoms. The Kier molecular flexibility index (Phi) is 4.16. The molecule has 0 aliphatic heterocycles. The van der Waals surface area contributed by atoms with Crippen molar-refractivity contribution in [3.63, 3.8) is 0 Å². The average Bonchev–Trinajstić information content (AvgIpc) is 2.34. The summed E-state index contributed by atoms with van der Waals surface area (Å²) in [5.41, 5.74) is 2.86. The maximum absolute atomic E-state index is 11.8. The normalized spacial score (nSPS) is 10.1. The van der Waals surface area contributed by atoms with Crippen molar-refractivity contribution >= 4 is 33.5 Å². The SMILES string of the molecule is Cc1cccc(NC(=O)Nc2cc(C)c(Br)cn2)c1. The van der Waals surface area contributed by atoms with E-state index < -0.39 is 0 Å². The van der Waals surface area contributed by atoms with E-state index in [1.807, 2.05) is 38.1 Å². The molecule has 2 rings (SSSR count). The third kappa shape index (κ3) is 3.79. The molecule has 0 aliphatic carbocycles. The number of urea groups is 1. The monoisotopic (exact) mass is 319 g/mol. The molecular formula is C14H14BrN3O. The minimum Gasteiger partial charge on any atom is -0.308 e. The molecule has 0 saturated heterocycles. The van der Waals surface area contributed by atoms with E-state index in [0.29, 0.717) is 5.82 Å². The van der Waals surface area contributed by atoms with E-state index in [9.17, 15) is 4.79 Å². The third-order valence-corrected chi connectivity index (χ3v) is 3.39. The molecule has 0 atom stereocenters. The number of amides is 2. The molecule has 5 heteroatoms. The number of anilines is 2. The first kappa shape index (κ1) is 13.5. The van der Waals surface area contributed by atoms with Crippen LogP contribution in [0.15, 0.2) is 41.0 Å². The van der Waals surface area contributed by atoms with Gasteiger partial charge in [0.15, 0.2) is 0 Å². The number of carbonyl (C=O) groups is 1. The van der Waals surface area contributed by atoms with Crippen LogP contribution in [0.4, 0.5) is 16.3 Å². The van der Waals surface area contributed by atoms with E-state index >= 15 is 0 Å². The number of aromatic nitrogens is 1. The van der Waals surface area contributed by atoms with E-state index in [-0.39, 0.29) is 6.03 Å². The first-order valence-electron chi connectivity index (χ1n) is 5.81. The molecule has 0 bridgehead atoms. The van der Waals surface area contributed by atoms with Gasteiger partial charge >= 0.3 is 6.03 Å². The molecule has 1 heterocycles. The maximum atomic E-state index is 11.8. The van der Waals surface area contributed by atoms with E-state index in [0.717, 1.165) is 21.3 Å². The second kappa shape index (κ2) is 5.84. The number of nitrogens with zero attached hydrogens (tertiary/aromatic N) is 1. The number of benzene rings is 1. The van der Waals surface area contributed by atoms with Gasteiger partial charge in [-0.15, -0.1) is 0 Å². The minimum absolute atomic E-state index is 0.306. The fourth-order valence-corrected chi connectivity index (χ4v) is 1.83. The summed E-state index contributed by atoms with van der Waals surface area (Å²) in [5, 5.41) is 5.46. The fraction of sp³-hybridized carbons (Fsp3) is 0.143. The van der Waals surface area contributed by atoms with Gasteiger partial charge < -0.3 is 5.32 Å². The molecule has 0 spiro atoms. The Morgan fingerprint density at radius 1 is 1.21 bits per heavy atom. The fourth-order valence-electron chi connectivity index (χ4n) is 1.61. The van der Waals surface area contributed by atoms with Crippen LogP contribution in [0.3, 0.4) is 0 Å². The summed E-state index contributed by atoms with van der Waals surface area (Å²) in [6, 6.07) is 9.11.